The molecule has 1 aromatic rings. The molecule has 2 rings (SSSR count). The van der Waals surface area contributed by atoms with E-state index >= 15 is 0 Å². The summed E-state index contributed by atoms with van der Waals surface area (Å²) in [5.74, 6) is 4.25. The van der Waals surface area contributed by atoms with Crippen molar-refractivity contribution in [3.8, 4) is 0 Å². The van der Waals surface area contributed by atoms with Crippen LogP contribution in [0.5, 0.6) is 0 Å². The summed E-state index contributed by atoms with van der Waals surface area (Å²) < 4.78 is 5.50. The molecule has 0 amide bonds. The second-order valence-electron chi connectivity index (χ2n) is 4.14. The van der Waals surface area contributed by atoms with Gasteiger partial charge in [-0.05, 0) is 32.9 Å². The van der Waals surface area contributed by atoms with E-state index < -0.39 is 0 Å². The highest BCUT2D eigenvalue weighted by Gasteiger charge is 2.28. The van der Waals surface area contributed by atoms with E-state index in [0.717, 1.165) is 40.6 Å². The van der Waals surface area contributed by atoms with Crippen molar-refractivity contribution < 1.29 is 9.21 Å². The summed E-state index contributed by atoms with van der Waals surface area (Å²) in [6.45, 7) is 5.78. The van der Waals surface area contributed by atoms with E-state index in [1.807, 2.05) is 32.5 Å². The van der Waals surface area contributed by atoms with Gasteiger partial charge in [0, 0.05) is 17.2 Å². The third kappa shape index (κ3) is 1.85. The van der Waals surface area contributed by atoms with Crippen LogP contribution in [0.3, 0.4) is 0 Å². The standard InChI is InChI=1S/C12H16O2S/c1-7-8(2)14-9(3)11(7)12(13)10-4-5-15-6-10/h10H,4-6H2,1-3H3. The first-order valence-corrected chi connectivity index (χ1v) is 6.45. The molecular weight excluding hydrogens is 208 g/mol. The molecule has 0 spiro atoms. The Hall–Kier alpha value is -0.700. The number of hydrogen-bond acceptors (Lipinski definition) is 3. The van der Waals surface area contributed by atoms with Crippen LogP contribution in [-0.4, -0.2) is 17.3 Å². The summed E-state index contributed by atoms with van der Waals surface area (Å²) in [6.07, 6.45) is 1.02. The van der Waals surface area contributed by atoms with Crippen LogP contribution in [0.2, 0.25) is 0 Å². The van der Waals surface area contributed by atoms with Gasteiger partial charge in [0.05, 0.1) is 5.56 Å². The monoisotopic (exact) mass is 224 g/mol. The Bertz CT molecular complexity index is 387. The summed E-state index contributed by atoms with van der Waals surface area (Å²) in [4.78, 5) is 12.2. The molecule has 1 saturated heterocycles. The van der Waals surface area contributed by atoms with Crippen molar-refractivity contribution >= 4 is 17.5 Å². The van der Waals surface area contributed by atoms with Crippen molar-refractivity contribution in [2.75, 3.05) is 11.5 Å². The molecule has 3 heteroatoms. The van der Waals surface area contributed by atoms with E-state index in [2.05, 4.69) is 0 Å². The molecule has 82 valence electrons. The van der Waals surface area contributed by atoms with Crippen LogP contribution >= 0.6 is 11.8 Å². The fourth-order valence-electron chi connectivity index (χ4n) is 2.10. The van der Waals surface area contributed by atoms with Gasteiger partial charge in [0.25, 0.3) is 0 Å². The fourth-order valence-corrected chi connectivity index (χ4v) is 3.32. The lowest BCUT2D eigenvalue weighted by molar-refractivity contribution is 0.0931. The van der Waals surface area contributed by atoms with Crippen molar-refractivity contribution in [3.63, 3.8) is 0 Å². The lowest BCUT2D eigenvalue weighted by Gasteiger charge is -2.06. The Kier molecular flexibility index (Phi) is 2.91. The smallest absolute Gasteiger partial charge is 0.170 e. The molecule has 1 unspecified atom stereocenters. The zero-order valence-electron chi connectivity index (χ0n) is 9.42. The molecule has 15 heavy (non-hydrogen) atoms. The van der Waals surface area contributed by atoms with Crippen molar-refractivity contribution in [3.05, 3.63) is 22.6 Å². The molecular formula is C12H16O2S. The number of thioether (sulfide) groups is 1. The Balaban J connectivity index is 2.32. The predicted octanol–water partition coefficient (Wildman–Crippen LogP) is 3.14. The third-order valence-electron chi connectivity index (χ3n) is 3.11. The number of Topliss-reactive ketones (excluding diaryl/α,β-unsaturated/α-hetero) is 1. The van der Waals surface area contributed by atoms with Crippen LogP contribution in [0, 0.1) is 26.7 Å². The number of aryl methyl sites for hydroxylation is 2. The average Bonchev–Trinajstić information content (AvgIpc) is 2.76. The minimum atomic E-state index is 0.212. The van der Waals surface area contributed by atoms with Gasteiger partial charge in [0.2, 0.25) is 0 Å². The molecule has 1 fully saturated rings. The van der Waals surface area contributed by atoms with Crippen molar-refractivity contribution in [2.24, 2.45) is 5.92 Å². The molecule has 0 N–H and O–H groups in total. The Morgan fingerprint density at radius 2 is 2.07 bits per heavy atom. The molecule has 1 atom stereocenters. The Morgan fingerprint density at radius 3 is 2.53 bits per heavy atom. The largest absolute Gasteiger partial charge is 0.466 e. The highest BCUT2D eigenvalue weighted by molar-refractivity contribution is 7.99. The minimum absolute atomic E-state index is 0.212. The average molecular weight is 224 g/mol. The summed E-state index contributed by atoms with van der Waals surface area (Å²) in [5, 5.41) is 0. The molecule has 0 saturated carbocycles. The minimum Gasteiger partial charge on any atom is -0.466 e. The van der Waals surface area contributed by atoms with Crippen LogP contribution in [-0.2, 0) is 0 Å². The summed E-state index contributed by atoms with van der Waals surface area (Å²) in [5.41, 5.74) is 1.86. The Morgan fingerprint density at radius 1 is 1.33 bits per heavy atom. The van der Waals surface area contributed by atoms with Gasteiger partial charge in [-0.3, -0.25) is 4.79 Å². The first-order chi connectivity index (χ1) is 7.11. The van der Waals surface area contributed by atoms with E-state index in [9.17, 15) is 4.79 Å². The van der Waals surface area contributed by atoms with Crippen molar-refractivity contribution in [1.29, 1.82) is 0 Å². The fraction of sp³-hybridized carbons (Fsp3) is 0.583. The van der Waals surface area contributed by atoms with Crippen molar-refractivity contribution in [2.45, 2.75) is 27.2 Å². The van der Waals surface area contributed by atoms with E-state index in [-0.39, 0.29) is 11.7 Å². The highest BCUT2D eigenvalue weighted by atomic mass is 32.2. The lowest BCUT2D eigenvalue weighted by Crippen LogP contribution is -2.15. The van der Waals surface area contributed by atoms with Gasteiger partial charge in [0.1, 0.15) is 11.5 Å². The summed E-state index contributed by atoms with van der Waals surface area (Å²) in [7, 11) is 0. The van der Waals surface area contributed by atoms with Gasteiger partial charge >= 0.3 is 0 Å². The number of ketones is 1. The topological polar surface area (TPSA) is 30.2 Å². The highest BCUT2D eigenvalue weighted by Crippen LogP contribution is 2.30. The Labute approximate surface area is 94.4 Å². The van der Waals surface area contributed by atoms with Crippen LogP contribution in [0.4, 0.5) is 0 Å². The summed E-state index contributed by atoms with van der Waals surface area (Å²) >= 11 is 1.87. The zero-order valence-corrected chi connectivity index (χ0v) is 10.2. The molecule has 0 bridgehead atoms. The molecule has 2 nitrogen and oxygen atoms in total. The number of carbonyl (C=O) groups is 1. The first-order valence-electron chi connectivity index (χ1n) is 5.29. The molecule has 1 aromatic heterocycles. The van der Waals surface area contributed by atoms with E-state index in [4.69, 9.17) is 4.42 Å². The van der Waals surface area contributed by atoms with Gasteiger partial charge < -0.3 is 4.42 Å². The van der Waals surface area contributed by atoms with E-state index in [1.54, 1.807) is 0 Å². The second-order valence-corrected chi connectivity index (χ2v) is 5.29. The van der Waals surface area contributed by atoms with Crippen LogP contribution in [0.1, 0.15) is 33.9 Å². The molecule has 1 aliphatic rings. The molecule has 2 heterocycles. The van der Waals surface area contributed by atoms with Gasteiger partial charge in [-0.2, -0.15) is 11.8 Å². The maximum atomic E-state index is 12.2. The maximum Gasteiger partial charge on any atom is 0.170 e. The number of rotatable bonds is 2. The van der Waals surface area contributed by atoms with Gasteiger partial charge in [-0.15, -0.1) is 0 Å². The second kappa shape index (κ2) is 4.05. The third-order valence-corrected chi connectivity index (χ3v) is 4.27. The maximum absolute atomic E-state index is 12.2. The first kappa shape index (κ1) is 10.8. The normalized spacial score (nSPS) is 20.9. The molecule has 1 aliphatic heterocycles. The molecule has 0 aliphatic carbocycles. The van der Waals surface area contributed by atoms with E-state index in [1.165, 1.54) is 0 Å². The van der Waals surface area contributed by atoms with Crippen molar-refractivity contribution in [1.82, 2.24) is 0 Å². The summed E-state index contributed by atoms with van der Waals surface area (Å²) in [6, 6.07) is 0. The predicted molar refractivity (Wildman–Crippen MR) is 62.7 cm³/mol. The lowest BCUT2D eigenvalue weighted by atomic mass is 9.94. The van der Waals surface area contributed by atoms with E-state index in [0.29, 0.717) is 0 Å². The van der Waals surface area contributed by atoms with Gasteiger partial charge in [-0.25, -0.2) is 0 Å². The number of hydrogen-bond donors (Lipinski definition) is 0. The van der Waals surface area contributed by atoms with Crippen LogP contribution < -0.4 is 0 Å². The number of furan rings is 1. The molecule has 0 aromatic carbocycles. The van der Waals surface area contributed by atoms with Gasteiger partial charge in [-0.1, -0.05) is 0 Å². The van der Waals surface area contributed by atoms with Gasteiger partial charge in [0.15, 0.2) is 5.78 Å². The SMILES string of the molecule is Cc1oc(C)c(C(=O)C2CCSC2)c1C. The van der Waals surface area contributed by atoms with Crippen LogP contribution in [0.15, 0.2) is 4.42 Å². The quantitative estimate of drug-likeness (QED) is 0.723. The molecule has 0 radical (unpaired) electrons. The van der Waals surface area contributed by atoms with Crippen LogP contribution in [0.25, 0.3) is 0 Å². The number of carbonyl (C=O) groups excluding carboxylic acids is 1. The zero-order chi connectivity index (χ0) is 11.0.